The fourth-order valence-corrected chi connectivity index (χ4v) is 5.56. The molecule has 5 rings (SSSR count). The van der Waals surface area contributed by atoms with E-state index >= 15 is 0 Å². The highest BCUT2D eigenvalue weighted by Crippen LogP contribution is 2.35. The highest BCUT2D eigenvalue weighted by atomic mass is 32.1. The number of nitrogens with one attached hydrogen (secondary N) is 1. The third-order valence-corrected chi connectivity index (χ3v) is 7.24. The van der Waals surface area contributed by atoms with E-state index in [1.807, 2.05) is 49.6 Å². The van der Waals surface area contributed by atoms with Crippen molar-refractivity contribution in [2.75, 3.05) is 13.2 Å². The van der Waals surface area contributed by atoms with Gasteiger partial charge in [-0.05, 0) is 43.7 Å². The number of hydrogen-bond acceptors (Lipinski definition) is 7. The van der Waals surface area contributed by atoms with Gasteiger partial charge in [0.1, 0.15) is 24.6 Å². The predicted octanol–water partition coefficient (Wildman–Crippen LogP) is 4.14. The lowest BCUT2D eigenvalue weighted by molar-refractivity contribution is -0.122. The SMILES string of the molecule is Cc1ccc(-c2csc3ncn(CC(=O)N[C@@H](C)c4ccc5c(c4)OCCO5)c(=O)c23)s1. The maximum absolute atomic E-state index is 13.2. The molecule has 0 fully saturated rings. The van der Waals surface area contributed by atoms with Gasteiger partial charge in [0.2, 0.25) is 5.91 Å². The van der Waals surface area contributed by atoms with E-state index in [4.69, 9.17) is 9.47 Å². The first kappa shape index (κ1) is 20.7. The molecule has 4 heterocycles. The Labute approximate surface area is 192 Å². The molecule has 1 aliphatic rings. The summed E-state index contributed by atoms with van der Waals surface area (Å²) in [5.74, 6) is 1.12. The zero-order valence-corrected chi connectivity index (χ0v) is 19.2. The smallest absolute Gasteiger partial charge is 0.263 e. The first-order chi connectivity index (χ1) is 15.5. The van der Waals surface area contributed by atoms with Crippen molar-refractivity contribution < 1.29 is 14.3 Å². The summed E-state index contributed by atoms with van der Waals surface area (Å²) in [4.78, 5) is 33.2. The molecule has 0 saturated heterocycles. The van der Waals surface area contributed by atoms with Crippen molar-refractivity contribution in [1.29, 1.82) is 0 Å². The van der Waals surface area contributed by atoms with Crippen LogP contribution in [0.2, 0.25) is 0 Å². The summed E-state index contributed by atoms with van der Waals surface area (Å²) in [6.07, 6.45) is 1.44. The fraction of sp³-hybridized carbons (Fsp3) is 0.261. The van der Waals surface area contributed by atoms with Gasteiger partial charge in [-0.25, -0.2) is 4.98 Å². The zero-order chi connectivity index (χ0) is 22.2. The van der Waals surface area contributed by atoms with Crippen LogP contribution in [0.4, 0.5) is 0 Å². The number of benzene rings is 1. The number of aromatic nitrogens is 2. The average molecular weight is 468 g/mol. The van der Waals surface area contributed by atoms with E-state index in [1.165, 1.54) is 27.1 Å². The Balaban J connectivity index is 1.35. The molecule has 164 valence electrons. The Hall–Kier alpha value is -3.17. The topological polar surface area (TPSA) is 82.5 Å². The number of thiophene rings is 2. The van der Waals surface area contributed by atoms with E-state index in [-0.39, 0.29) is 24.1 Å². The van der Waals surface area contributed by atoms with Gasteiger partial charge >= 0.3 is 0 Å². The van der Waals surface area contributed by atoms with Crippen LogP contribution in [-0.2, 0) is 11.3 Å². The lowest BCUT2D eigenvalue weighted by atomic mass is 10.1. The number of carbonyl (C=O) groups excluding carboxylic acids is 1. The maximum atomic E-state index is 13.2. The van der Waals surface area contributed by atoms with E-state index in [0.717, 1.165) is 16.0 Å². The lowest BCUT2D eigenvalue weighted by Gasteiger charge is -2.21. The van der Waals surface area contributed by atoms with Crippen LogP contribution < -0.4 is 20.3 Å². The van der Waals surface area contributed by atoms with Crippen molar-refractivity contribution in [3.63, 3.8) is 0 Å². The summed E-state index contributed by atoms with van der Waals surface area (Å²) < 4.78 is 12.5. The summed E-state index contributed by atoms with van der Waals surface area (Å²) >= 11 is 3.08. The van der Waals surface area contributed by atoms with Gasteiger partial charge in [0.15, 0.2) is 11.5 Å². The number of amides is 1. The van der Waals surface area contributed by atoms with Gasteiger partial charge in [0.05, 0.1) is 17.8 Å². The fourth-order valence-electron chi connectivity index (χ4n) is 3.70. The van der Waals surface area contributed by atoms with Crippen LogP contribution >= 0.6 is 22.7 Å². The highest BCUT2D eigenvalue weighted by molar-refractivity contribution is 7.19. The molecule has 1 amide bonds. The number of carbonyl (C=O) groups is 1. The van der Waals surface area contributed by atoms with Gasteiger partial charge in [-0.1, -0.05) is 6.07 Å². The molecule has 1 atom stereocenters. The number of hydrogen-bond donors (Lipinski definition) is 1. The average Bonchev–Trinajstić information content (AvgIpc) is 3.41. The summed E-state index contributed by atoms with van der Waals surface area (Å²) in [5, 5.41) is 5.47. The molecule has 1 N–H and O–H groups in total. The minimum atomic E-state index is -0.264. The van der Waals surface area contributed by atoms with Gasteiger partial charge in [0.25, 0.3) is 5.56 Å². The maximum Gasteiger partial charge on any atom is 0.263 e. The lowest BCUT2D eigenvalue weighted by Crippen LogP contribution is -2.34. The van der Waals surface area contributed by atoms with Crippen molar-refractivity contribution in [2.45, 2.75) is 26.4 Å². The summed E-state index contributed by atoms with van der Waals surface area (Å²) in [6, 6.07) is 9.42. The van der Waals surface area contributed by atoms with E-state index in [9.17, 15) is 9.59 Å². The Morgan fingerprint density at radius 2 is 2.03 bits per heavy atom. The number of ether oxygens (including phenoxy) is 2. The molecule has 7 nitrogen and oxygen atoms in total. The summed E-state index contributed by atoms with van der Waals surface area (Å²) in [7, 11) is 0. The van der Waals surface area contributed by atoms with Gasteiger partial charge < -0.3 is 14.8 Å². The number of nitrogens with zero attached hydrogens (tertiary/aromatic N) is 2. The third kappa shape index (κ3) is 3.89. The normalized spacial score (nSPS) is 13.8. The van der Waals surface area contributed by atoms with Crippen LogP contribution in [0.3, 0.4) is 0 Å². The van der Waals surface area contributed by atoms with Crippen LogP contribution in [0.5, 0.6) is 11.5 Å². The van der Waals surface area contributed by atoms with Crippen molar-refractivity contribution in [2.24, 2.45) is 0 Å². The number of rotatable bonds is 5. The van der Waals surface area contributed by atoms with Crippen LogP contribution in [0.25, 0.3) is 20.7 Å². The molecule has 0 spiro atoms. The van der Waals surface area contributed by atoms with Crippen molar-refractivity contribution >= 4 is 38.8 Å². The Morgan fingerprint density at radius 3 is 2.81 bits per heavy atom. The van der Waals surface area contributed by atoms with Gasteiger partial charge in [0, 0.05) is 20.7 Å². The monoisotopic (exact) mass is 467 g/mol. The second-order valence-electron chi connectivity index (χ2n) is 7.61. The Bertz CT molecular complexity index is 1370. The van der Waals surface area contributed by atoms with Crippen molar-refractivity contribution in [3.8, 4) is 21.9 Å². The largest absolute Gasteiger partial charge is 0.486 e. The highest BCUT2D eigenvalue weighted by Gasteiger charge is 2.18. The van der Waals surface area contributed by atoms with E-state index in [2.05, 4.69) is 10.3 Å². The minimum absolute atomic E-state index is 0.102. The summed E-state index contributed by atoms with van der Waals surface area (Å²) in [5.41, 5.74) is 1.57. The van der Waals surface area contributed by atoms with Crippen molar-refractivity contribution in [1.82, 2.24) is 14.9 Å². The van der Waals surface area contributed by atoms with Crippen LogP contribution in [-0.4, -0.2) is 28.7 Å². The third-order valence-electron chi connectivity index (χ3n) is 5.32. The van der Waals surface area contributed by atoms with Crippen LogP contribution in [0.1, 0.15) is 23.4 Å². The zero-order valence-electron chi connectivity index (χ0n) is 17.6. The standard InChI is InChI=1S/C23H21N3O4S2/c1-13-3-6-19(32-13)16-11-31-22-21(16)23(28)26(12-24-22)10-20(27)25-14(2)15-4-5-17-18(9-15)30-8-7-29-17/h3-6,9,11-12,14H,7-8,10H2,1-2H3,(H,25,27)/t14-/m0/s1. The molecule has 0 radical (unpaired) electrons. The molecule has 1 aliphatic heterocycles. The van der Waals surface area contributed by atoms with E-state index < -0.39 is 0 Å². The summed E-state index contributed by atoms with van der Waals surface area (Å²) in [6.45, 7) is 4.86. The molecule has 0 bridgehead atoms. The molecule has 1 aromatic carbocycles. The molecule has 3 aromatic heterocycles. The van der Waals surface area contributed by atoms with Crippen LogP contribution in [0, 0.1) is 6.92 Å². The number of aryl methyl sites for hydroxylation is 1. The molecule has 0 saturated carbocycles. The predicted molar refractivity (Wildman–Crippen MR) is 126 cm³/mol. The molecular weight excluding hydrogens is 446 g/mol. The van der Waals surface area contributed by atoms with Crippen LogP contribution in [0.15, 0.2) is 46.8 Å². The molecule has 4 aromatic rings. The minimum Gasteiger partial charge on any atom is -0.486 e. The second-order valence-corrected chi connectivity index (χ2v) is 9.76. The Morgan fingerprint density at radius 1 is 1.22 bits per heavy atom. The van der Waals surface area contributed by atoms with E-state index in [1.54, 1.807) is 11.3 Å². The quantitative estimate of drug-likeness (QED) is 0.477. The molecule has 0 aliphatic carbocycles. The molecular formula is C23H21N3O4S2. The van der Waals surface area contributed by atoms with Gasteiger partial charge in [-0.3, -0.25) is 14.2 Å². The first-order valence-corrected chi connectivity index (χ1v) is 11.9. The molecule has 32 heavy (non-hydrogen) atoms. The van der Waals surface area contributed by atoms with Crippen molar-refractivity contribution in [3.05, 3.63) is 62.8 Å². The second kappa shape index (κ2) is 8.40. The number of fused-ring (bicyclic) bond motifs is 2. The Kier molecular flexibility index (Phi) is 5.44. The first-order valence-electron chi connectivity index (χ1n) is 10.2. The van der Waals surface area contributed by atoms with E-state index in [0.29, 0.717) is 34.9 Å². The van der Waals surface area contributed by atoms with Gasteiger partial charge in [-0.2, -0.15) is 0 Å². The molecule has 0 unspecified atom stereocenters. The van der Waals surface area contributed by atoms with Gasteiger partial charge in [-0.15, -0.1) is 22.7 Å². The molecule has 9 heteroatoms.